The Labute approximate surface area is 195 Å². The number of aromatic nitrogens is 1. The summed E-state index contributed by atoms with van der Waals surface area (Å²) in [5.74, 6) is -0.399. The summed E-state index contributed by atoms with van der Waals surface area (Å²) in [5, 5.41) is 2.78. The van der Waals surface area contributed by atoms with Gasteiger partial charge >= 0.3 is 5.97 Å². The second-order valence-electron chi connectivity index (χ2n) is 8.01. The number of benzene rings is 2. The molecule has 2 fully saturated rings. The molecule has 162 valence electrons. The summed E-state index contributed by atoms with van der Waals surface area (Å²) in [7, 11) is 0. The highest BCUT2D eigenvalue weighted by Gasteiger charge is 2.60. The van der Waals surface area contributed by atoms with Crippen LogP contribution >= 0.6 is 23.1 Å². The molecule has 0 spiro atoms. The van der Waals surface area contributed by atoms with Crippen LogP contribution in [-0.2, 0) is 14.3 Å². The Hall–Kier alpha value is -2.90. The number of thioether (sulfide) groups is 1. The van der Waals surface area contributed by atoms with Gasteiger partial charge in [0, 0.05) is 11.6 Å². The van der Waals surface area contributed by atoms with Gasteiger partial charge in [-0.15, -0.1) is 23.1 Å². The molecule has 3 aromatic rings. The van der Waals surface area contributed by atoms with Gasteiger partial charge in [0.2, 0.25) is 5.91 Å². The van der Waals surface area contributed by atoms with Crippen LogP contribution in [0.4, 0.5) is 0 Å². The van der Waals surface area contributed by atoms with E-state index in [1.165, 1.54) is 11.3 Å². The highest BCUT2D eigenvalue weighted by Crippen LogP contribution is 2.52. The summed E-state index contributed by atoms with van der Waals surface area (Å²) >= 11 is 3.17. The van der Waals surface area contributed by atoms with E-state index in [0.717, 1.165) is 16.1 Å². The van der Waals surface area contributed by atoms with Crippen molar-refractivity contribution >= 4 is 41.1 Å². The number of nitrogens with zero attached hydrogens (tertiary/aromatic N) is 2. The van der Waals surface area contributed by atoms with E-state index in [4.69, 9.17) is 4.74 Å². The van der Waals surface area contributed by atoms with E-state index >= 15 is 0 Å². The normalized spacial score (nSPS) is 24.6. The fraction of sp³-hybridized carbons (Fsp3) is 0.240. The summed E-state index contributed by atoms with van der Waals surface area (Å²) in [5.41, 5.74) is 1.79. The molecule has 0 unspecified atom stereocenters. The molecule has 3 heterocycles. The van der Waals surface area contributed by atoms with Crippen LogP contribution in [0.3, 0.4) is 0 Å². The largest absolute Gasteiger partial charge is 0.451 e. The average Bonchev–Trinajstić information content (AvgIpc) is 3.41. The van der Waals surface area contributed by atoms with Crippen molar-refractivity contribution in [2.45, 2.75) is 35.6 Å². The fourth-order valence-electron chi connectivity index (χ4n) is 4.24. The van der Waals surface area contributed by atoms with Gasteiger partial charge in [-0.1, -0.05) is 66.7 Å². The third-order valence-corrected chi connectivity index (χ3v) is 8.10. The Kier molecular flexibility index (Phi) is 5.61. The first-order valence-corrected chi connectivity index (χ1v) is 12.2. The first-order chi connectivity index (χ1) is 15.5. The van der Waals surface area contributed by atoms with Crippen molar-refractivity contribution in [3.8, 4) is 0 Å². The molecule has 0 aliphatic carbocycles. The van der Waals surface area contributed by atoms with E-state index in [9.17, 15) is 9.59 Å². The number of ether oxygens (including phenoxy) is 1. The van der Waals surface area contributed by atoms with Crippen molar-refractivity contribution in [3.63, 3.8) is 0 Å². The smallest absolute Gasteiger partial charge is 0.331 e. The van der Waals surface area contributed by atoms with Crippen molar-refractivity contribution in [2.24, 2.45) is 0 Å². The zero-order valence-corrected chi connectivity index (χ0v) is 19.1. The minimum absolute atomic E-state index is 0.00195. The molecule has 1 aromatic heterocycles. The lowest BCUT2D eigenvalue weighted by Crippen LogP contribution is -2.57. The highest BCUT2D eigenvalue weighted by atomic mass is 32.2. The summed E-state index contributed by atoms with van der Waals surface area (Å²) in [6.45, 7) is 2.00. The van der Waals surface area contributed by atoms with Crippen LogP contribution < -0.4 is 0 Å². The Morgan fingerprint density at radius 3 is 2.38 bits per heavy atom. The number of β-lactam (4-membered cyclic amide) rings is 1. The van der Waals surface area contributed by atoms with Gasteiger partial charge in [0.15, 0.2) is 6.10 Å². The first kappa shape index (κ1) is 21.0. The molecule has 5 rings (SSSR count). The van der Waals surface area contributed by atoms with Crippen LogP contribution in [0.25, 0.3) is 6.08 Å². The van der Waals surface area contributed by atoms with E-state index in [1.54, 1.807) is 22.9 Å². The maximum absolute atomic E-state index is 13.6. The third kappa shape index (κ3) is 3.87. The van der Waals surface area contributed by atoms with E-state index in [1.807, 2.05) is 85.1 Å². The van der Waals surface area contributed by atoms with Crippen LogP contribution in [0.2, 0.25) is 0 Å². The summed E-state index contributed by atoms with van der Waals surface area (Å²) in [4.78, 5) is 32.1. The number of thiazole rings is 1. The molecule has 2 saturated heterocycles. The first-order valence-electron chi connectivity index (χ1n) is 10.4. The second-order valence-corrected chi connectivity index (χ2v) is 10.6. The summed E-state index contributed by atoms with van der Waals surface area (Å²) in [6, 6.07) is 18.7. The lowest BCUT2D eigenvalue weighted by Gasteiger charge is -2.38. The molecule has 0 bridgehead atoms. The summed E-state index contributed by atoms with van der Waals surface area (Å²) in [6.07, 6.45) is 5.59. The number of hydrogen-bond donors (Lipinski definition) is 0. The maximum atomic E-state index is 13.6. The molecular weight excluding hydrogens is 440 g/mol. The van der Waals surface area contributed by atoms with Crippen LogP contribution in [-0.4, -0.2) is 37.9 Å². The zero-order chi connectivity index (χ0) is 22.1. The van der Waals surface area contributed by atoms with Crippen molar-refractivity contribution in [2.75, 3.05) is 0 Å². The highest BCUT2D eigenvalue weighted by molar-refractivity contribution is 8.01. The van der Waals surface area contributed by atoms with Gasteiger partial charge in [-0.3, -0.25) is 4.79 Å². The number of carbonyl (C=O) groups is 2. The predicted molar refractivity (Wildman–Crippen MR) is 127 cm³/mol. The van der Waals surface area contributed by atoms with E-state index in [-0.39, 0.29) is 11.3 Å². The van der Waals surface area contributed by atoms with Crippen LogP contribution in [0.15, 0.2) is 78.3 Å². The number of esters is 1. The molecule has 2 aliphatic heterocycles. The minimum Gasteiger partial charge on any atom is -0.451 e. The molecule has 2 aromatic carbocycles. The van der Waals surface area contributed by atoms with Gasteiger partial charge in [0.1, 0.15) is 11.0 Å². The van der Waals surface area contributed by atoms with Gasteiger partial charge in [0.25, 0.3) is 0 Å². The Balaban J connectivity index is 1.46. The molecule has 5 nitrogen and oxygen atoms in total. The van der Waals surface area contributed by atoms with Gasteiger partial charge in [-0.25, -0.2) is 9.78 Å². The van der Waals surface area contributed by atoms with Crippen LogP contribution in [0.1, 0.15) is 35.6 Å². The molecule has 3 atom stereocenters. The second kappa shape index (κ2) is 8.56. The third-order valence-electron chi connectivity index (χ3n) is 5.83. The quantitative estimate of drug-likeness (QED) is 0.384. The number of fused-ring (bicyclic) bond motifs is 1. The zero-order valence-electron chi connectivity index (χ0n) is 17.5. The van der Waals surface area contributed by atoms with E-state index in [0.29, 0.717) is 6.42 Å². The van der Waals surface area contributed by atoms with Gasteiger partial charge in [-0.05, 0) is 24.1 Å². The lowest BCUT2D eigenvalue weighted by atomic mass is 9.95. The van der Waals surface area contributed by atoms with Gasteiger partial charge < -0.3 is 9.64 Å². The number of carbonyl (C=O) groups excluding carboxylic acids is 2. The Morgan fingerprint density at radius 1 is 1.16 bits per heavy atom. The standard InChI is InChI=1S/C25H22N2O3S2/c1-25(13-12-19-26-14-15-31-19)23(27-20(28)16-21(27)32-25)24(29)30-22(17-8-4-2-5-9-17)18-10-6-3-7-11-18/h2-15,21-23H,16H2,1H3/t21-,23+,25+/m1/s1. The van der Waals surface area contributed by atoms with Crippen LogP contribution in [0, 0.1) is 0 Å². The van der Waals surface area contributed by atoms with E-state index < -0.39 is 22.9 Å². The Morgan fingerprint density at radius 2 is 1.81 bits per heavy atom. The van der Waals surface area contributed by atoms with Crippen molar-refractivity contribution in [3.05, 3.63) is 94.5 Å². The number of hydrogen-bond acceptors (Lipinski definition) is 6. The van der Waals surface area contributed by atoms with Gasteiger partial charge in [0.05, 0.1) is 16.5 Å². The van der Waals surface area contributed by atoms with Crippen molar-refractivity contribution < 1.29 is 14.3 Å². The maximum Gasteiger partial charge on any atom is 0.331 e. The van der Waals surface area contributed by atoms with Crippen LogP contribution in [0.5, 0.6) is 0 Å². The van der Waals surface area contributed by atoms with Crippen molar-refractivity contribution in [1.82, 2.24) is 9.88 Å². The lowest BCUT2D eigenvalue weighted by molar-refractivity contribution is -0.163. The minimum atomic E-state index is -0.690. The molecule has 0 N–H and O–H groups in total. The average molecular weight is 463 g/mol. The predicted octanol–water partition coefficient (Wildman–Crippen LogP) is 4.92. The van der Waals surface area contributed by atoms with Crippen molar-refractivity contribution in [1.29, 1.82) is 0 Å². The fourth-order valence-corrected chi connectivity index (χ4v) is 6.42. The molecule has 0 radical (unpaired) electrons. The Bertz CT molecular complexity index is 1100. The molecule has 0 saturated carbocycles. The number of rotatable bonds is 6. The molecular formula is C25H22N2O3S2. The topological polar surface area (TPSA) is 59.5 Å². The van der Waals surface area contributed by atoms with E-state index in [2.05, 4.69) is 4.98 Å². The molecule has 7 heteroatoms. The summed E-state index contributed by atoms with van der Waals surface area (Å²) < 4.78 is 5.55. The SMILES string of the molecule is C[C@@]1(C=Cc2nccs2)S[C@@H]2CC(=O)N2[C@H]1C(=O)OC(c1ccccc1)c1ccccc1. The molecule has 32 heavy (non-hydrogen) atoms. The molecule has 2 aliphatic rings. The molecule has 1 amide bonds. The number of amides is 1. The monoisotopic (exact) mass is 462 g/mol. The van der Waals surface area contributed by atoms with Gasteiger partial charge in [-0.2, -0.15) is 0 Å².